The number of aromatic nitrogens is 1. The smallest absolute Gasteiger partial charge is 0.248 e. The Bertz CT molecular complexity index is 991. The van der Waals surface area contributed by atoms with Crippen LogP contribution in [0.1, 0.15) is 38.3 Å². The number of amides is 1. The molecule has 0 saturated heterocycles. The van der Waals surface area contributed by atoms with Crippen molar-refractivity contribution in [2.24, 2.45) is 0 Å². The molecule has 0 bridgehead atoms. The van der Waals surface area contributed by atoms with E-state index >= 15 is 0 Å². The summed E-state index contributed by atoms with van der Waals surface area (Å²) in [5.41, 5.74) is 3.72. The topological polar surface area (TPSA) is 42.0 Å². The Kier molecular flexibility index (Phi) is 5.62. The zero-order valence-corrected chi connectivity index (χ0v) is 16.5. The van der Waals surface area contributed by atoms with Crippen LogP contribution in [0.3, 0.4) is 0 Å². The van der Waals surface area contributed by atoms with Crippen molar-refractivity contribution in [1.29, 1.82) is 0 Å². The van der Waals surface area contributed by atoms with E-state index < -0.39 is 0 Å². The molecule has 0 spiro atoms. The molecule has 0 saturated carbocycles. The Morgan fingerprint density at radius 1 is 1.15 bits per heavy atom. The van der Waals surface area contributed by atoms with Gasteiger partial charge in [-0.05, 0) is 35.1 Å². The van der Waals surface area contributed by atoms with Gasteiger partial charge in [0.15, 0.2) is 0 Å². The maximum atomic E-state index is 12.3. The highest BCUT2D eigenvalue weighted by molar-refractivity contribution is 6.38. The van der Waals surface area contributed by atoms with Crippen LogP contribution in [0.2, 0.25) is 5.02 Å². The molecule has 0 unspecified atom stereocenters. The molecular formula is C23H23ClN2O. The molecule has 138 valence electrons. The maximum absolute atomic E-state index is 12.3. The van der Waals surface area contributed by atoms with Crippen LogP contribution in [0.15, 0.2) is 60.8 Å². The zero-order valence-electron chi connectivity index (χ0n) is 15.8. The Labute approximate surface area is 165 Å². The van der Waals surface area contributed by atoms with Gasteiger partial charge in [-0.15, -0.1) is 0 Å². The number of nitrogens with zero attached hydrogens (tertiary/aromatic N) is 1. The molecule has 3 rings (SSSR count). The SMILES string of the molecule is CCC(C)(C)c1ccc(C=CC(=O)Nc2cnc3ccccc3c2Cl)cc1. The van der Waals surface area contributed by atoms with Gasteiger partial charge in [-0.2, -0.15) is 0 Å². The van der Waals surface area contributed by atoms with Gasteiger partial charge in [-0.25, -0.2) is 0 Å². The zero-order chi connectivity index (χ0) is 19.4. The van der Waals surface area contributed by atoms with Crippen molar-refractivity contribution in [3.05, 3.63) is 77.0 Å². The molecule has 3 aromatic rings. The van der Waals surface area contributed by atoms with E-state index in [9.17, 15) is 4.79 Å². The van der Waals surface area contributed by atoms with Crippen LogP contribution in [0.5, 0.6) is 0 Å². The summed E-state index contributed by atoms with van der Waals surface area (Å²) in [6.45, 7) is 6.64. The summed E-state index contributed by atoms with van der Waals surface area (Å²) >= 11 is 6.40. The number of pyridine rings is 1. The molecule has 0 aliphatic rings. The van der Waals surface area contributed by atoms with Crippen LogP contribution < -0.4 is 5.32 Å². The van der Waals surface area contributed by atoms with Gasteiger partial charge < -0.3 is 5.32 Å². The fraction of sp³-hybridized carbons (Fsp3) is 0.217. The highest BCUT2D eigenvalue weighted by Crippen LogP contribution is 2.29. The first kappa shape index (κ1) is 19.1. The third kappa shape index (κ3) is 4.37. The van der Waals surface area contributed by atoms with Crippen LogP contribution >= 0.6 is 11.6 Å². The summed E-state index contributed by atoms with van der Waals surface area (Å²) < 4.78 is 0. The van der Waals surface area contributed by atoms with E-state index in [0.29, 0.717) is 10.7 Å². The third-order valence-electron chi connectivity index (χ3n) is 4.97. The summed E-state index contributed by atoms with van der Waals surface area (Å²) in [6.07, 6.45) is 5.95. The number of hydrogen-bond donors (Lipinski definition) is 1. The van der Waals surface area contributed by atoms with Gasteiger partial charge >= 0.3 is 0 Å². The average Bonchev–Trinajstić information content (AvgIpc) is 2.69. The van der Waals surface area contributed by atoms with Gasteiger partial charge in [0.05, 0.1) is 22.4 Å². The molecule has 2 aromatic carbocycles. The molecule has 1 amide bonds. The van der Waals surface area contributed by atoms with E-state index in [1.165, 1.54) is 11.6 Å². The standard InChI is InChI=1S/C23H23ClN2O/c1-4-23(2,3)17-12-9-16(10-13-17)11-14-21(27)26-20-15-25-19-8-6-5-7-18(19)22(20)24/h5-15H,4H2,1-3H3,(H,26,27). The molecular weight excluding hydrogens is 356 g/mol. The highest BCUT2D eigenvalue weighted by Gasteiger charge is 2.17. The number of carbonyl (C=O) groups is 1. The van der Waals surface area contributed by atoms with Crippen LogP contribution in [0.4, 0.5) is 5.69 Å². The number of fused-ring (bicyclic) bond motifs is 1. The molecule has 0 fully saturated rings. The minimum Gasteiger partial charge on any atom is -0.320 e. The Balaban J connectivity index is 1.71. The Hall–Kier alpha value is -2.65. The molecule has 27 heavy (non-hydrogen) atoms. The van der Waals surface area contributed by atoms with Crippen molar-refractivity contribution < 1.29 is 4.79 Å². The van der Waals surface area contributed by atoms with Gasteiger partial charge in [-0.1, -0.05) is 74.8 Å². The summed E-state index contributed by atoms with van der Waals surface area (Å²) in [5.74, 6) is -0.244. The summed E-state index contributed by atoms with van der Waals surface area (Å²) in [5, 5.41) is 4.11. The fourth-order valence-corrected chi connectivity index (χ4v) is 3.05. The minimum absolute atomic E-state index is 0.152. The first-order chi connectivity index (χ1) is 12.9. The molecule has 0 atom stereocenters. The van der Waals surface area contributed by atoms with E-state index in [4.69, 9.17) is 11.6 Å². The monoisotopic (exact) mass is 378 g/mol. The van der Waals surface area contributed by atoms with E-state index in [-0.39, 0.29) is 11.3 Å². The van der Waals surface area contributed by atoms with Crippen molar-refractivity contribution in [2.75, 3.05) is 5.32 Å². The lowest BCUT2D eigenvalue weighted by Crippen LogP contribution is -2.15. The number of hydrogen-bond acceptors (Lipinski definition) is 2. The van der Waals surface area contributed by atoms with Crippen molar-refractivity contribution in [2.45, 2.75) is 32.6 Å². The van der Waals surface area contributed by atoms with Crippen LogP contribution in [0.25, 0.3) is 17.0 Å². The molecule has 0 aliphatic heterocycles. The average molecular weight is 379 g/mol. The quantitative estimate of drug-likeness (QED) is 0.535. The summed E-state index contributed by atoms with van der Waals surface area (Å²) in [6, 6.07) is 15.9. The minimum atomic E-state index is -0.244. The fourth-order valence-electron chi connectivity index (χ4n) is 2.79. The molecule has 1 N–H and O–H groups in total. The van der Waals surface area contributed by atoms with Gasteiger partial charge in [0.1, 0.15) is 0 Å². The van der Waals surface area contributed by atoms with Gasteiger partial charge in [-0.3, -0.25) is 9.78 Å². The normalized spacial score (nSPS) is 11.9. The second-order valence-electron chi connectivity index (χ2n) is 7.19. The van der Waals surface area contributed by atoms with Gasteiger partial charge in [0.2, 0.25) is 5.91 Å². The largest absolute Gasteiger partial charge is 0.320 e. The number of benzene rings is 2. The Morgan fingerprint density at radius 2 is 1.85 bits per heavy atom. The predicted molar refractivity (Wildman–Crippen MR) is 114 cm³/mol. The van der Waals surface area contributed by atoms with Gasteiger partial charge in [0.25, 0.3) is 0 Å². The number of halogens is 1. The summed E-state index contributed by atoms with van der Waals surface area (Å²) in [4.78, 5) is 16.6. The first-order valence-corrected chi connectivity index (χ1v) is 9.41. The first-order valence-electron chi connectivity index (χ1n) is 9.03. The second-order valence-corrected chi connectivity index (χ2v) is 7.56. The van der Waals surface area contributed by atoms with Gasteiger partial charge in [0, 0.05) is 11.5 Å². The lowest BCUT2D eigenvalue weighted by molar-refractivity contribution is -0.111. The van der Waals surface area contributed by atoms with Crippen molar-refractivity contribution in [1.82, 2.24) is 4.98 Å². The number of carbonyl (C=O) groups excluding carboxylic acids is 1. The maximum Gasteiger partial charge on any atom is 0.248 e. The second kappa shape index (κ2) is 7.93. The van der Waals surface area contributed by atoms with Crippen LogP contribution in [0, 0.1) is 0 Å². The van der Waals surface area contributed by atoms with E-state index in [1.807, 2.05) is 36.4 Å². The van der Waals surface area contributed by atoms with E-state index in [0.717, 1.165) is 22.9 Å². The highest BCUT2D eigenvalue weighted by atomic mass is 35.5. The van der Waals surface area contributed by atoms with E-state index in [1.54, 1.807) is 12.3 Å². The van der Waals surface area contributed by atoms with Crippen molar-refractivity contribution in [3.8, 4) is 0 Å². The Morgan fingerprint density at radius 3 is 2.56 bits per heavy atom. The molecule has 4 heteroatoms. The predicted octanol–water partition coefficient (Wildman–Crippen LogP) is 6.23. The molecule has 3 nitrogen and oxygen atoms in total. The lowest BCUT2D eigenvalue weighted by atomic mass is 9.82. The van der Waals surface area contributed by atoms with Crippen LogP contribution in [-0.2, 0) is 10.2 Å². The molecule has 0 aliphatic carbocycles. The molecule has 1 aromatic heterocycles. The number of anilines is 1. The molecule has 1 heterocycles. The lowest BCUT2D eigenvalue weighted by Gasteiger charge is -2.23. The molecule has 0 radical (unpaired) electrons. The van der Waals surface area contributed by atoms with Crippen LogP contribution in [-0.4, -0.2) is 10.9 Å². The number of rotatable bonds is 5. The third-order valence-corrected chi connectivity index (χ3v) is 5.38. The number of nitrogens with one attached hydrogen (secondary N) is 1. The van der Waals surface area contributed by atoms with Crippen molar-refractivity contribution in [3.63, 3.8) is 0 Å². The number of para-hydroxylation sites is 1. The van der Waals surface area contributed by atoms with Crippen molar-refractivity contribution >= 4 is 40.2 Å². The summed E-state index contributed by atoms with van der Waals surface area (Å²) in [7, 11) is 0. The van der Waals surface area contributed by atoms with E-state index in [2.05, 4.69) is 43.2 Å².